The Labute approximate surface area is 110 Å². The fourth-order valence-corrected chi connectivity index (χ4v) is 2.45. The quantitative estimate of drug-likeness (QED) is 0.850. The average Bonchev–Trinajstić information content (AvgIpc) is 3.12. The zero-order valence-electron chi connectivity index (χ0n) is 9.98. The van der Waals surface area contributed by atoms with E-state index in [0.717, 1.165) is 24.2 Å². The van der Waals surface area contributed by atoms with Crippen LogP contribution in [0.1, 0.15) is 43.1 Å². The molecule has 1 aliphatic rings. The van der Waals surface area contributed by atoms with Gasteiger partial charge in [-0.1, -0.05) is 12.1 Å². The minimum atomic E-state index is -0.239. The van der Waals surface area contributed by atoms with Gasteiger partial charge in [0.1, 0.15) is 11.6 Å². The van der Waals surface area contributed by atoms with Crippen molar-refractivity contribution in [2.24, 2.45) is 0 Å². The van der Waals surface area contributed by atoms with Crippen LogP contribution in [0, 0.1) is 5.82 Å². The summed E-state index contributed by atoms with van der Waals surface area (Å²) in [6.07, 6.45) is 2.26. The van der Waals surface area contributed by atoms with E-state index in [1.807, 2.05) is 17.6 Å². The highest BCUT2D eigenvalue weighted by Gasteiger charge is 2.31. The lowest BCUT2D eigenvalue weighted by Gasteiger charge is -2.16. The van der Waals surface area contributed by atoms with Gasteiger partial charge in [0, 0.05) is 5.92 Å². The van der Waals surface area contributed by atoms with Gasteiger partial charge in [0.2, 0.25) is 5.28 Å². The minimum Gasteiger partial charge on any atom is -0.294 e. The molecule has 1 aromatic heterocycles. The maximum Gasteiger partial charge on any atom is 0.225 e. The van der Waals surface area contributed by atoms with Gasteiger partial charge in [-0.05, 0) is 49.1 Å². The highest BCUT2D eigenvalue weighted by Crippen LogP contribution is 2.41. The monoisotopic (exact) mass is 265 g/mol. The fraction of sp³-hybridized carbons (Fsp3) is 0.385. The summed E-state index contributed by atoms with van der Waals surface area (Å²) < 4.78 is 15.2. The van der Waals surface area contributed by atoms with E-state index in [4.69, 9.17) is 11.6 Å². The Morgan fingerprint density at radius 3 is 2.83 bits per heavy atom. The van der Waals surface area contributed by atoms with Crippen LogP contribution in [0.2, 0.25) is 5.28 Å². The van der Waals surface area contributed by atoms with Gasteiger partial charge < -0.3 is 0 Å². The molecule has 0 spiro atoms. The van der Waals surface area contributed by atoms with Crippen LogP contribution in [0.4, 0.5) is 4.39 Å². The van der Waals surface area contributed by atoms with Crippen molar-refractivity contribution >= 4 is 11.6 Å². The molecule has 1 heterocycles. The van der Waals surface area contributed by atoms with Crippen LogP contribution in [-0.2, 0) is 0 Å². The van der Waals surface area contributed by atoms with Crippen LogP contribution < -0.4 is 0 Å². The zero-order valence-corrected chi connectivity index (χ0v) is 10.7. The highest BCUT2D eigenvalue weighted by molar-refractivity contribution is 6.28. The normalized spacial score (nSPS) is 16.8. The van der Waals surface area contributed by atoms with E-state index in [1.165, 1.54) is 12.1 Å². The summed E-state index contributed by atoms with van der Waals surface area (Å²) in [7, 11) is 0. The smallest absolute Gasteiger partial charge is 0.225 e. The molecule has 3 nitrogen and oxygen atoms in total. The number of benzene rings is 1. The Hall–Kier alpha value is -1.42. The van der Waals surface area contributed by atoms with Crippen LogP contribution in [0.25, 0.3) is 0 Å². The molecule has 1 saturated carbocycles. The molecule has 18 heavy (non-hydrogen) atoms. The maximum absolute atomic E-state index is 13.3. The molecule has 0 aliphatic heterocycles. The van der Waals surface area contributed by atoms with Crippen LogP contribution in [-0.4, -0.2) is 14.8 Å². The Balaban J connectivity index is 2.01. The third kappa shape index (κ3) is 2.01. The lowest BCUT2D eigenvalue weighted by Crippen LogP contribution is -2.10. The van der Waals surface area contributed by atoms with Crippen molar-refractivity contribution in [2.45, 2.75) is 31.7 Å². The largest absolute Gasteiger partial charge is 0.294 e. The third-order valence-corrected chi connectivity index (χ3v) is 3.60. The molecule has 94 valence electrons. The molecule has 1 unspecified atom stereocenters. The van der Waals surface area contributed by atoms with Crippen molar-refractivity contribution in [1.29, 1.82) is 0 Å². The summed E-state index contributed by atoms with van der Waals surface area (Å²) in [5.74, 6) is 1.13. The van der Waals surface area contributed by atoms with Crippen LogP contribution in [0.15, 0.2) is 24.3 Å². The second-order valence-corrected chi connectivity index (χ2v) is 5.04. The Bertz CT molecular complexity index is 577. The van der Waals surface area contributed by atoms with E-state index >= 15 is 0 Å². The molecule has 1 aliphatic carbocycles. The predicted octanol–water partition coefficient (Wildman–Crippen LogP) is 3.56. The summed E-state index contributed by atoms with van der Waals surface area (Å²) in [4.78, 5) is 0. The topological polar surface area (TPSA) is 30.7 Å². The Morgan fingerprint density at radius 2 is 2.17 bits per heavy atom. The molecule has 5 heteroatoms. The lowest BCUT2D eigenvalue weighted by atomic mass is 10.1. The molecule has 0 N–H and O–H groups in total. The van der Waals surface area contributed by atoms with Crippen molar-refractivity contribution in [3.05, 3.63) is 46.8 Å². The number of rotatable bonds is 3. The third-order valence-electron chi connectivity index (χ3n) is 3.34. The van der Waals surface area contributed by atoms with Gasteiger partial charge in [-0.3, -0.25) is 4.57 Å². The summed E-state index contributed by atoms with van der Waals surface area (Å²) in [5, 5.41) is 8.43. The van der Waals surface area contributed by atoms with Gasteiger partial charge in [-0.15, -0.1) is 10.2 Å². The van der Waals surface area contributed by atoms with Crippen molar-refractivity contribution in [3.63, 3.8) is 0 Å². The summed E-state index contributed by atoms with van der Waals surface area (Å²) in [6.45, 7) is 1.98. The molecule has 1 aromatic carbocycles. The molecule has 1 atom stereocenters. The molecule has 3 rings (SSSR count). The van der Waals surface area contributed by atoms with E-state index in [0.29, 0.717) is 11.2 Å². The first-order valence-corrected chi connectivity index (χ1v) is 6.40. The molecule has 0 bridgehead atoms. The summed E-state index contributed by atoms with van der Waals surface area (Å²) in [6, 6.07) is 6.50. The predicted molar refractivity (Wildman–Crippen MR) is 67.2 cm³/mol. The van der Waals surface area contributed by atoms with Gasteiger partial charge in [-0.25, -0.2) is 4.39 Å². The minimum absolute atomic E-state index is 0.0567. The second-order valence-electron chi connectivity index (χ2n) is 4.70. The lowest BCUT2D eigenvalue weighted by molar-refractivity contribution is 0.586. The van der Waals surface area contributed by atoms with Gasteiger partial charge in [0.05, 0.1) is 6.04 Å². The Kier molecular flexibility index (Phi) is 2.82. The highest BCUT2D eigenvalue weighted by atomic mass is 35.5. The van der Waals surface area contributed by atoms with Crippen LogP contribution >= 0.6 is 11.6 Å². The standard InChI is InChI=1S/C13H13ClFN3/c1-8(10-3-2-4-11(15)7-10)18-12(9-5-6-9)16-17-13(18)14/h2-4,7-9H,5-6H2,1H3. The number of aromatic nitrogens is 3. The number of halogens is 2. The molecular formula is C13H13ClFN3. The van der Waals surface area contributed by atoms with Gasteiger partial charge in [-0.2, -0.15) is 0 Å². The number of nitrogens with zero attached hydrogens (tertiary/aromatic N) is 3. The zero-order chi connectivity index (χ0) is 12.7. The molecule has 2 aromatic rings. The van der Waals surface area contributed by atoms with Crippen molar-refractivity contribution in [3.8, 4) is 0 Å². The molecule has 1 fully saturated rings. The number of hydrogen-bond donors (Lipinski definition) is 0. The fourth-order valence-electron chi connectivity index (χ4n) is 2.18. The van der Waals surface area contributed by atoms with Gasteiger partial charge >= 0.3 is 0 Å². The van der Waals surface area contributed by atoms with Crippen LogP contribution in [0.5, 0.6) is 0 Å². The first-order chi connectivity index (χ1) is 8.66. The number of hydrogen-bond acceptors (Lipinski definition) is 2. The first-order valence-electron chi connectivity index (χ1n) is 6.02. The van der Waals surface area contributed by atoms with Crippen LogP contribution in [0.3, 0.4) is 0 Å². The molecule has 0 amide bonds. The maximum atomic E-state index is 13.3. The second kappa shape index (κ2) is 4.35. The van der Waals surface area contributed by atoms with E-state index in [2.05, 4.69) is 10.2 Å². The van der Waals surface area contributed by atoms with Crippen molar-refractivity contribution in [1.82, 2.24) is 14.8 Å². The average molecular weight is 266 g/mol. The van der Waals surface area contributed by atoms with Gasteiger partial charge in [0.15, 0.2) is 0 Å². The van der Waals surface area contributed by atoms with E-state index < -0.39 is 0 Å². The molecule has 0 saturated heterocycles. The summed E-state index contributed by atoms with van der Waals surface area (Å²) in [5.41, 5.74) is 0.874. The van der Waals surface area contributed by atoms with Crippen molar-refractivity contribution in [2.75, 3.05) is 0 Å². The van der Waals surface area contributed by atoms with E-state index in [-0.39, 0.29) is 11.9 Å². The SMILES string of the molecule is CC(c1cccc(F)c1)n1c(Cl)nnc1C1CC1. The van der Waals surface area contributed by atoms with E-state index in [9.17, 15) is 4.39 Å². The molecule has 0 radical (unpaired) electrons. The summed E-state index contributed by atoms with van der Waals surface area (Å²) >= 11 is 6.10. The first kappa shape index (κ1) is 11.7. The molecular weight excluding hydrogens is 253 g/mol. The Morgan fingerprint density at radius 1 is 1.39 bits per heavy atom. The van der Waals surface area contributed by atoms with E-state index in [1.54, 1.807) is 6.07 Å². The van der Waals surface area contributed by atoms with Crippen molar-refractivity contribution < 1.29 is 4.39 Å². The van der Waals surface area contributed by atoms with Gasteiger partial charge in [0.25, 0.3) is 0 Å².